The highest BCUT2D eigenvalue weighted by atomic mass is 16.7. The molecule has 0 spiro atoms. The minimum absolute atomic E-state index is 0.243. The normalized spacial score (nSPS) is 23.1. The number of ether oxygens (including phenoxy) is 4. The van der Waals surface area contributed by atoms with Crippen LogP contribution in [0.5, 0.6) is 0 Å². The average molecular weight is 1310 g/mol. The first-order chi connectivity index (χ1) is 45.6. The molecule has 0 saturated carbocycles. The number of allylic oxidation sites excluding steroid dienone is 15. The summed E-state index contributed by atoms with van der Waals surface area (Å²) in [6.07, 6.45) is 71.7. The summed E-state index contributed by atoms with van der Waals surface area (Å²) < 4.78 is 22.9. The maximum absolute atomic E-state index is 13.4. The van der Waals surface area contributed by atoms with Crippen molar-refractivity contribution < 1.29 is 64.6 Å². The minimum atomic E-state index is -1.79. The van der Waals surface area contributed by atoms with Crippen molar-refractivity contribution >= 4 is 5.91 Å². The Morgan fingerprint density at radius 1 is 0.398 bits per heavy atom. The Kier molecular flexibility index (Phi) is 57.7. The SMILES string of the molecule is CC/C=C\C/C=C\C/C=C\C/C=C\C/C=C\C/C=C\C/C=C\CCCCCCCCCCCCCC(=O)NC(COC1OC(CO)C(OC2OC(CO)C(O)C(O)C2O)C(O)C1O)C(O)/C=C/CCCCCCCCCCCCCCCCCCCCCCCCCC. The second-order valence-electron chi connectivity index (χ2n) is 26.4. The zero-order chi connectivity index (χ0) is 67.3. The van der Waals surface area contributed by atoms with Crippen LogP contribution in [0.3, 0.4) is 0 Å². The van der Waals surface area contributed by atoms with Crippen LogP contribution in [0.15, 0.2) is 97.2 Å². The van der Waals surface area contributed by atoms with Crippen molar-refractivity contribution in [3.05, 3.63) is 97.2 Å². The number of aliphatic hydroxyl groups is 8. The quantitative estimate of drug-likeness (QED) is 0.0204. The number of aliphatic hydroxyl groups excluding tert-OH is 8. The molecule has 12 unspecified atom stereocenters. The van der Waals surface area contributed by atoms with E-state index in [-0.39, 0.29) is 18.9 Å². The van der Waals surface area contributed by atoms with Crippen LogP contribution < -0.4 is 5.32 Å². The van der Waals surface area contributed by atoms with E-state index < -0.39 is 86.8 Å². The van der Waals surface area contributed by atoms with Crippen molar-refractivity contribution in [2.45, 2.75) is 376 Å². The van der Waals surface area contributed by atoms with Gasteiger partial charge in [-0.05, 0) is 77.0 Å². The molecular weight excluding hydrogens is 1170 g/mol. The van der Waals surface area contributed by atoms with Crippen LogP contribution in [-0.2, 0) is 23.7 Å². The Morgan fingerprint density at radius 3 is 1.14 bits per heavy atom. The van der Waals surface area contributed by atoms with Crippen LogP contribution >= 0.6 is 0 Å². The molecule has 93 heavy (non-hydrogen) atoms. The molecule has 0 aromatic heterocycles. The maximum atomic E-state index is 13.4. The predicted octanol–water partition coefficient (Wildman–Crippen LogP) is 16.5. The summed E-state index contributed by atoms with van der Waals surface area (Å²) >= 11 is 0. The third-order valence-corrected chi connectivity index (χ3v) is 18.0. The van der Waals surface area contributed by atoms with Crippen LogP contribution in [0.2, 0.25) is 0 Å². The molecule has 2 heterocycles. The maximum Gasteiger partial charge on any atom is 0.220 e. The first-order valence-electron chi connectivity index (χ1n) is 38.0. The molecule has 2 saturated heterocycles. The zero-order valence-corrected chi connectivity index (χ0v) is 58.7. The fourth-order valence-electron chi connectivity index (χ4n) is 12.0. The smallest absolute Gasteiger partial charge is 0.220 e. The summed E-state index contributed by atoms with van der Waals surface area (Å²) in [5.41, 5.74) is 0. The summed E-state index contributed by atoms with van der Waals surface area (Å²) in [6, 6.07) is -0.924. The number of hydrogen-bond acceptors (Lipinski definition) is 13. The van der Waals surface area contributed by atoms with Crippen molar-refractivity contribution in [1.82, 2.24) is 5.32 Å². The van der Waals surface area contributed by atoms with E-state index in [0.29, 0.717) is 6.42 Å². The molecule has 0 bridgehead atoms. The van der Waals surface area contributed by atoms with Gasteiger partial charge < -0.3 is 65.1 Å². The molecule has 2 aliphatic heterocycles. The van der Waals surface area contributed by atoms with E-state index in [9.17, 15) is 45.6 Å². The number of nitrogens with one attached hydrogen (secondary N) is 1. The molecule has 2 aliphatic rings. The van der Waals surface area contributed by atoms with Gasteiger partial charge in [0, 0.05) is 6.42 Å². The lowest BCUT2D eigenvalue weighted by atomic mass is 9.97. The molecule has 2 rings (SSSR count). The number of hydrogen-bond donors (Lipinski definition) is 9. The third-order valence-electron chi connectivity index (χ3n) is 18.0. The van der Waals surface area contributed by atoms with Crippen molar-refractivity contribution in [1.29, 1.82) is 0 Å². The summed E-state index contributed by atoms with van der Waals surface area (Å²) in [5.74, 6) is -0.243. The predicted molar refractivity (Wildman–Crippen MR) is 383 cm³/mol. The molecular formula is C79H139NO13. The molecule has 1 amide bonds. The van der Waals surface area contributed by atoms with Gasteiger partial charge in [0.05, 0.1) is 32.0 Å². The van der Waals surface area contributed by atoms with Crippen LogP contribution in [-0.4, -0.2) is 140 Å². The van der Waals surface area contributed by atoms with Crippen molar-refractivity contribution in [2.75, 3.05) is 19.8 Å². The highest BCUT2D eigenvalue weighted by Crippen LogP contribution is 2.30. The molecule has 14 heteroatoms. The molecule has 0 radical (unpaired) electrons. The number of rotatable bonds is 62. The number of unbranched alkanes of at least 4 members (excludes halogenated alkanes) is 35. The standard InChI is InChI=1S/C79H139NO13/c1-3-5-7-9-11-13-15-17-19-21-23-25-27-29-31-32-33-34-35-36-37-39-41-43-45-47-49-51-53-55-57-59-61-63-71(84)80-67(66-90-78-76(89)74(87)77(70(65-82)92-78)93-79-75(88)73(86)72(85)69(64-81)91-79)68(83)62-60-58-56-54-52-50-48-46-44-42-40-38-30-28-26-24-22-20-18-16-14-12-10-8-6-4-2/h5,7,11,13,17,19,23,25,29,31,33-34,36-37,60,62,67-70,72-79,81-83,85-89H,3-4,6,8-10,12,14-16,18,20-22,24,26-28,30,32,35,38-59,61,63-66H2,1-2H3,(H,80,84)/b7-5-,13-11-,19-17-,25-23-,31-29-,34-33-,37-36-,62-60+. The summed E-state index contributed by atoms with van der Waals surface area (Å²) in [7, 11) is 0. The van der Waals surface area contributed by atoms with Gasteiger partial charge in [-0.1, -0.05) is 317 Å². The van der Waals surface area contributed by atoms with E-state index in [1.807, 2.05) is 6.08 Å². The largest absolute Gasteiger partial charge is 0.394 e. The number of carbonyl (C=O) groups excluding carboxylic acids is 1. The van der Waals surface area contributed by atoms with Crippen LogP contribution in [0.4, 0.5) is 0 Å². The van der Waals surface area contributed by atoms with Gasteiger partial charge in [-0.2, -0.15) is 0 Å². The Bertz CT molecular complexity index is 1930. The second kappa shape index (κ2) is 62.4. The van der Waals surface area contributed by atoms with Gasteiger partial charge in [-0.15, -0.1) is 0 Å². The van der Waals surface area contributed by atoms with Gasteiger partial charge in [-0.25, -0.2) is 0 Å². The zero-order valence-electron chi connectivity index (χ0n) is 58.7. The van der Waals surface area contributed by atoms with E-state index in [1.165, 1.54) is 186 Å². The molecule has 538 valence electrons. The topological polar surface area (TPSA) is 228 Å². The van der Waals surface area contributed by atoms with Crippen molar-refractivity contribution in [3.63, 3.8) is 0 Å². The van der Waals surface area contributed by atoms with E-state index in [1.54, 1.807) is 6.08 Å². The molecule has 0 aromatic rings. The number of amides is 1. The molecule has 2 fully saturated rings. The van der Waals surface area contributed by atoms with Gasteiger partial charge in [0.1, 0.15) is 48.8 Å². The molecule has 0 aromatic carbocycles. The molecule has 9 N–H and O–H groups in total. The Balaban J connectivity index is 1.66. The second-order valence-corrected chi connectivity index (χ2v) is 26.4. The Labute approximate surface area is 566 Å². The average Bonchev–Trinajstić information content (AvgIpc) is 0.852. The first kappa shape index (κ1) is 86.0. The number of carbonyl (C=O) groups is 1. The van der Waals surface area contributed by atoms with Crippen LogP contribution in [0.25, 0.3) is 0 Å². The lowest BCUT2D eigenvalue weighted by Crippen LogP contribution is -2.65. The Hall–Kier alpha value is -3.09. The van der Waals surface area contributed by atoms with Gasteiger partial charge in [0.2, 0.25) is 5.91 Å². The van der Waals surface area contributed by atoms with E-state index in [2.05, 4.69) is 104 Å². The van der Waals surface area contributed by atoms with Gasteiger partial charge in [-0.3, -0.25) is 4.79 Å². The first-order valence-corrected chi connectivity index (χ1v) is 38.0. The lowest BCUT2D eigenvalue weighted by Gasteiger charge is -2.46. The van der Waals surface area contributed by atoms with Gasteiger partial charge in [0.25, 0.3) is 0 Å². The lowest BCUT2D eigenvalue weighted by molar-refractivity contribution is -0.359. The highest BCUT2D eigenvalue weighted by molar-refractivity contribution is 5.76. The van der Waals surface area contributed by atoms with Crippen LogP contribution in [0.1, 0.15) is 303 Å². The highest BCUT2D eigenvalue weighted by Gasteiger charge is 2.51. The van der Waals surface area contributed by atoms with E-state index in [4.69, 9.17) is 18.9 Å². The molecule has 14 nitrogen and oxygen atoms in total. The molecule has 12 atom stereocenters. The van der Waals surface area contributed by atoms with E-state index in [0.717, 1.165) is 89.9 Å². The molecule has 0 aliphatic carbocycles. The fourth-order valence-corrected chi connectivity index (χ4v) is 12.0. The fraction of sp³-hybridized carbons (Fsp3) is 0.785. The van der Waals surface area contributed by atoms with Gasteiger partial charge >= 0.3 is 0 Å². The van der Waals surface area contributed by atoms with E-state index >= 15 is 0 Å². The van der Waals surface area contributed by atoms with Crippen molar-refractivity contribution in [3.8, 4) is 0 Å². The van der Waals surface area contributed by atoms with Crippen LogP contribution in [0, 0.1) is 0 Å². The third kappa shape index (κ3) is 45.9. The summed E-state index contributed by atoms with van der Waals surface area (Å²) in [6.45, 7) is 2.72. The summed E-state index contributed by atoms with van der Waals surface area (Å²) in [5, 5.41) is 87.6. The summed E-state index contributed by atoms with van der Waals surface area (Å²) in [4.78, 5) is 13.4. The Morgan fingerprint density at radius 2 is 0.742 bits per heavy atom. The van der Waals surface area contributed by atoms with Crippen molar-refractivity contribution in [2.24, 2.45) is 0 Å². The minimum Gasteiger partial charge on any atom is -0.394 e. The monoisotopic (exact) mass is 1310 g/mol. The van der Waals surface area contributed by atoms with Gasteiger partial charge in [0.15, 0.2) is 12.6 Å².